The van der Waals surface area contributed by atoms with E-state index in [2.05, 4.69) is 5.32 Å². The quantitative estimate of drug-likeness (QED) is 0.480. The molecule has 1 aliphatic heterocycles. The second-order valence-corrected chi connectivity index (χ2v) is 3.59. The molecule has 2 atom stereocenters. The average molecular weight is 109 g/mol. The maximum absolute atomic E-state index is 3.50. The summed E-state index contributed by atoms with van der Waals surface area (Å²) in [5.41, 5.74) is 0. The van der Waals surface area contributed by atoms with E-state index in [9.17, 15) is 0 Å². The SMILES string of the molecule is C1C2CC1C1NCC21. The standard InChI is InChI=1S/C7H11N/c1-4-2-5(1)7-6(4)3-8-7/h4-8H,1-3H2. The predicted molar refractivity (Wildman–Crippen MR) is 31.5 cm³/mol. The third-order valence-electron chi connectivity index (χ3n) is 3.37. The van der Waals surface area contributed by atoms with E-state index in [4.69, 9.17) is 0 Å². The molecule has 4 fully saturated rings. The van der Waals surface area contributed by atoms with Gasteiger partial charge in [0.1, 0.15) is 0 Å². The Balaban J connectivity index is 1.99. The fraction of sp³-hybridized carbons (Fsp3) is 1.00. The number of hydrogen-bond donors (Lipinski definition) is 1. The van der Waals surface area contributed by atoms with Gasteiger partial charge in [0.25, 0.3) is 0 Å². The summed E-state index contributed by atoms with van der Waals surface area (Å²) in [4.78, 5) is 0. The van der Waals surface area contributed by atoms with Gasteiger partial charge in [-0.2, -0.15) is 0 Å². The summed E-state index contributed by atoms with van der Waals surface area (Å²) in [5.74, 6) is 3.39. The molecule has 0 amide bonds. The maximum Gasteiger partial charge on any atom is 0.0139 e. The molecule has 0 spiro atoms. The van der Waals surface area contributed by atoms with Gasteiger partial charge in [-0.1, -0.05) is 0 Å². The molecule has 4 aliphatic rings. The molecule has 1 heteroatoms. The van der Waals surface area contributed by atoms with Gasteiger partial charge < -0.3 is 5.32 Å². The van der Waals surface area contributed by atoms with Gasteiger partial charge in [0.2, 0.25) is 0 Å². The minimum Gasteiger partial charge on any atom is -0.313 e. The molecule has 44 valence electrons. The maximum atomic E-state index is 3.50. The van der Waals surface area contributed by atoms with Crippen LogP contribution in [0.4, 0.5) is 0 Å². The highest BCUT2D eigenvalue weighted by atomic mass is 15.1. The van der Waals surface area contributed by atoms with Gasteiger partial charge in [0.05, 0.1) is 0 Å². The Morgan fingerprint density at radius 2 is 2.00 bits per heavy atom. The third kappa shape index (κ3) is 0.235. The van der Waals surface area contributed by atoms with Crippen LogP contribution >= 0.6 is 0 Å². The van der Waals surface area contributed by atoms with Crippen molar-refractivity contribution in [2.24, 2.45) is 17.8 Å². The minimum atomic E-state index is 0.986. The van der Waals surface area contributed by atoms with E-state index in [1.54, 1.807) is 12.8 Å². The van der Waals surface area contributed by atoms with Crippen molar-refractivity contribution >= 4 is 0 Å². The van der Waals surface area contributed by atoms with Crippen LogP contribution in [0.5, 0.6) is 0 Å². The predicted octanol–water partition coefficient (Wildman–Crippen LogP) is 0.614. The molecule has 0 radical (unpaired) electrons. The Morgan fingerprint density at radius 3 is 2.25 bits per heavy atom. The Bertz CT molecular complexity index is 112. The zero-order valence-electron chi connectivity index (χ0n) is 4.93. The summed E-state index contributed by atoms with van der Waals surface area (Å²) < 4.78 is 0. The van der Waals surface area contributed by atoms with Crippen molar-refractivity contribution in [2.75, 3.05) is 6.54 Å². The van der Waals surface area contributed by atoms with Crippen LogP contribution in [0, 0.1) is 17.8 Å². The average Bonchev–Trinajstić information content (AvgIpc) is 1.82. The smallest absolute Gasteiger partial charge is 0.0139 e. The Hall–Kier alpha value is -0.0400. The van der Waals surface area contributed by atoms with E-state index in [1.165, 1.54) is 6.54 Å². The van der Waals surface area contributed by atoms with E-state index >= 15 is 0 Å². The molecule has 4 rings (SSSR count). The van der Waals surface area contributed by atoms with E-state index < -0.39 is 0 Å². The van der Waals surface area contributed by atoms with Crippen molar-refractivity contribution in [3.05, 3.63) is 0 Å². The van der Waals surface area contributed by atoms with Crippen LogP contribution in [-0.2, 0) is 0 Å². The molecular formula is C7H11N. The largest absolute Gasteiger partial charge is 0.313 e. The van der Waals surface area contributed by atoms with Gasteiger partial charge in [-0.25, -0.2) is 0 Å². The molecule has 2 unspecified atom stereocenters. The van der Waals surface area contributed by atoms with Crippen molar-refractivity contribution < 1.29 is 0 Å². The first-order valence-electron chi connectivity index (χ1n) is 3.68. The van der Waals surface area contributed by atoms with Crippen molar-refractivity contribution in [2.45, 2.75) is 18.9 Å². The van der Waals surface area contributed by atoms with Gasteiger partial charge in [0, 0.05) is 6.04 Å². The van der Waals surface area contributed by atoms with Gasteiger partial charge in [-0.3, -0.25) is 0 Å². The van der Waals surface area contributed by atoms with Gasteiger partial charge in [0.15, 0.2) is 0 Å². The van der Waals surface area contributed by atoms with E-state index in [-0.39, 0.29) is 0 Å². The van der Waals surface area contributed by atoms with Crippen LogP contribution in [0.2, 0.25) is 0 Å². The van der Waals surface area contributed by atoms with Crippen LogP contribution < -0.4 is 5.32 Å². The summed E-state index contributed by atoms with van der Waals surface area (Å²) in [6, 6.07) is 0.986. The normalized spacial score (nSPS) is 66.0. The van der Waals surface area contributed by atoms with E-state index in [0.717, 1.165) is 23.8 Å². The van der Waals surface area contributed by atoms with Gasteiger partial charge in [-0.05, 0) is 37.1 Å². The van der Waals surface area contributed by atoms with Crippen LogP contribution in [0.1, 0.15) is 12.8 Å². The Morgan fingerprint density at radius 1 is 1.12 bits per heavy atom. The lowest BCUT2D eigenvalue weighted by Gasteiger charge is -2.31. The molecule has 8 heavy (non-hydrogen) atoms. The first kappa shape index (κ1) is 3.89. The van der Waals surface area contributed by atoms with Crippen LogP contribution in [0.3, 0.4) is 0 Å². The molecule has 2 bridgehead atoms. The molecule has 1 heterocycles. The number of hydrogen-bond acceptors (Lipinski definition) is 1. The van der Waals surface area contributed by atoms with Crippen LogP contribution in [0.15, 0.2) is 0 Å². The highest BCUT2D eigenvalue weighted by Gasteiger charge is 2.55. The van der Waals surface area contributed by atoms with Crippen molar-refractivity contribution in [3.63, 3.8) is 0 Å². The monoisotopic (exact) mass is 109 g/mol. The molecule has 3 saturated carbocycles. The van der Waals surface area contributed by atoms with Gasteiger partial charge >= 0.3 is 0 Å². The third-order valence-corrected chi connectivity index (χ3v) is 3.37. The summed E-state index contributed by atoms with van der Waals surface area (Å²) >= 11 is 0. The number of rotatable bonds is 0. The Labute approximate surface area is 49.5 Å². The zero-order chi connectivity index (χ0) is 5.14. The summed E-state index contributed by atoms with van der Waals surface area (Å²) in [6.07, 6.45) is 3.12. The molecule has 1 nitrogen and oxygen atoms in total. The molecule has 0 aromatic heterocycles. The van der Waals surface area contributed by atoms with Crippen LogP contribution in [-0.4, -0.2) is 12.6 Å². The highest BCUT2D eigenvalue weighted by molar-refractivity contribution is 5.10. The summed E-state index contributed by atoms with van der Waals surface area (Å²) in [6.45, 7) is 1.34. The lowest BCUT2D eigenvalue weighted by Crippen LogP contribution is -2.50. The van der Waals surface area contributed by atoms with E-state index in [0.29, 0.717) is 0 Å². The first-order valence-corrected chi connectivity index (χ1v) is 3.68. The zero-order valence-corrected chi connectivity index (χ0v) is 4.93. The molecule has 3 aliphatic carbocycles. The molecule has 1 saturated heterocycles. The second-order valence-electron chi connectivity index (χ2n) is 3.59. The molecular weight excluding hydrogens is 98.1 g/mol. The molecule has 1 N–H and O–H groups in total. The summed E-state index contributed by atoms with van der Waals surface area (Å²) in [7, 11) is 0. The van der Waals surface area contributed by atoms with Gasteiger partial charge in [-0.15, -0.1) is 0 Å². The topological polar surface area (TPSA) is 12.0 Å². The van der Waals surface area contributed by atoms with Crippen LogP contribution in [0.25, 0.3) is 0 Å². The fourth-order valence-corrected chi connectivity index (χ4v) is 2.72. The summed E-state index contributed by atoms with van der Waals surface area (Å²) in [5, 5.41) is 3.50. The number of nitrogens with one attached hydrogen (secondary N) is 1. The minimum absolute atomic E-state index is 0.986. The second kappa shape index (κ2) is 0.971. The lowest BCUT2D eigenvalue weighted by molar-refractivity contribution is 0.261. The van der Waals surface area contributed by atoms with E-state index in [1.807, 2.05) is 0 Å². The fourth-order valence-electron chi connectivity index (χ4n) is 2.72. The van der Waals surface area contributed by atoms with Crippen molar-refractivity contribution in [3.8, 4) is 0 Å². The lowest BCUT2D eigenvalue weighted by atomic mass is 9.83. The highest BCUT2D eigenvalue weighted by Crippen LogP contribution is 2.55. The van der Waals surface area contributed by atoms with Crippen molar-refractivity contribution in [1.82, 2.24) is 5.32 Å². The Kier molecular flexibility index (Phi) is 0.472. The first-order chi connectivity index (χ1) is 3.95. The van der Waals surface area contributed by atoms with Crippen molar-refractivity contribution in [1.29, 1.82) is 0 Å². The molecule has 0 aromatic rings. The molecule has 0 aromatic carbocycles.